The lowest BCUT2D eigenvalue weighted by Gasteiger charge is -2.34. The molecule has 0 unspecified atom stereocenters. The number of carbonyl (C=O) groups excluding carboxylic acids is 3. The molecule has 37 heavy (non-hydrogen) atoms. The van der Waals surface area contributed by atoms with Crippen LogP contribution in [0.25, 0.3) is 0 Å². The summed E-state index contributed by atoms with van der Waals surface area (Å²) in [6, 6.07) is 15.3. The van der Waals surface area contributed by atoms with Crippen LogP contribution >= 0.6 is 0 Å². The molecular formula is C29H40N4O4. The Hall–Kier alpha value is -3.65. The predicted octanol–water partition coefficient (Wildman–Crippen LogP) is 2.56. The van der Waals surface area contributed by atoms with Gasteiger partial charge in [0.2, 0.25) is 17.7 Å². The molecule has 2 rings (SSSR count). The van der Waals surface area contributed by atoms with Gasteiger partial charge in [-0.05, 0) is 49.6 Å². The summed E-state index contributed by atoms with van der Waals surface area (Å²) < 4.78 is 5.22. The van der Waals surface area contributed by atoms with E-state index in [1.807, 2.05) is 68.4 Å². The largest absolute Gasteiger partial charge is 0.497 e. The second kappa shape index (κ2) is 13.6. The molecule has 0 saturated carbocycles. The molecule has 8 nitrogen and oxygen atoms in total. The van der Waals surface area contributed by atoms with Gasteiger partial charge in [-0.1, -0.05) is 48.5 Å². The first-order valence-electron chi connectivity index (χ1n) is 12.3. The molecule has 2 aromatic rings. The lowest BCUT2D eigenvalue weighted by atomic mass is 10.00. The molecule has 2 atom stereocenters. The van der Waals surface area contributed by atoms with Gasteiger partial charge in [0.05, 0.1) is 7.11 Å². The average Bonchev–Trinajstić information content (AvgIpc) is 2.88. The third-order valence-corrected chi connectivity index (χ3v) is 6.23. The number of hydrogen-bond donors (Lipinski definition) is 2. The van der Waals surface area contributed by atoms with Gasteiger partial charge >= 0.3 is 0 Å². The van der Waals surface area contributed by atoms with Crippen molar-refractivity contribution in [3.63, 3.8) is 0 Å². The molecule has 0 spiro atoms. The van der Waals surface area contributed by atoms with Crippen LogP contribution in [-0.4, -0.2) is 73.4 Å². The normalized spacial score (nSPS) is 13.1. The molecule has 3 N–H and O–H groups in total. The fraction of sp³-hybridized carbons (Fsp3) is 0.414. The maximum Gasteiger partial charge on any atom is 0.246 e. The molecule has 0 heterocycles. The zero-order valence-electron chi connectivity index (χ0n) is 22.7. The van der Waals surface area contributed by atoms with E-state index in [1.54, 1.807) is 34.3 Å². The maximum absolute atomic E-state index is 13.9. The van der Waals surface area contributed by atoms with Crippen LogP contribution in [0, 0.1) is 0 Å². The summed E-state index contributed by atoms with van der Waals surface area (Å²) >= 11 is 0. The number of nitrogens with zero attached hydrogens (tertiary/aromatic N) is 2. The van der Waals surface area contributed by atoms with Crippen molar-refractivity contribution in [1.82, 2.24) is 15.1 Å². The molecule has 0 fully saturated rings. The number of ether oxygens (including phenoxy) is 1. The SMILES string of the molecule is CNC(=O)[C@@H](Cc1ccc(OC)cc1)N(C)C(=O)[C@@H](Cc1ccccc1)N(C)C(=O)/C=C/CC(C)(C)N. The summed E-state index contributed by atoms with van der Waals surface area (Å²) in [7, 11) is 6.35. The first-order valence-corrected chi connectivity index (χ1v) is 12.3. The van der Waals surface area contributed by atoms with Crippen molar-refractivity contribution < 1.29 is 19.1 Å². The van der Waals surface area contributed by atoms with Gasteiger partial charge in [-0.3, -0.25) is 14.4 Å². The van der Waals surface area contributed by atoms with Crippen molar-refractivity contribution in [2.75, 3.05) is 28.3 Å². The van der Waals surface area contributed by atoms with E-state index in [0.29, 0.717) is 25.0 Å². The highest BCUT2D eigenvalue weighted by molar-refractivity contribution is 5.95. The van der Waals surface area contributed by atoms with E-state index in [0.717, 1.165) is 11.1 Å². The summed E-state index contributed by atoms with van der Waals surface area (Å²) in [5, 5.41) is 2.67. The number of amides is 3. The summed E-state index contributed by atoms with van der Waals surface area (Å²) in [5.74, 6) is -0.212. The van der Waals surface area contributed by atoms with E-state index in [4.69, 9.17) is 10.5 Å². The van der Waals surface area contributed by atoms with Crippen LogP contribution in [0.4, 0.5) is 0 Å². The number of rotatable bonds is 12. The third kappa shape index (κ3) is 9.06. The molecule has 200 valence electrons. The minimum Gasteiger partial charge on any atom is -0.497 e. The molecule has 0 saturated heterocycles. The van der Waals surface area contributed by atoms with Crippen molar-refractivity contribution in [2.24, 2.45) is 5.73 Å². The quantitative estimate of drug-likeness (QED) is 0.429. The zero-order chi connectivity index (χ0) is 27.6. The van der Waals surface area contributed by atoms with Crippen molar-refractivity contribution in [1.29, 1.82) is 0 Å². The molecule has 0 radical (unpaired) electrons. The van der Waals surface area contributed by atoms with E-state index in [9.17, 15) is 14.4 Å². The monoisotopic (exact) mass is 508 g/mol. The smallest absolute Gasteiger partial charge is 0.246 e. The molecule has 8 heteroatoms. The number of nitrogens with two attached hydrogens (primary N) is 1. The lowest BCUT2D eigenvalue weighted by molar-refractivity contribution is -0.146. The minimum absolute atomic E-state index is 0.288. The number of methoxy groups -OCH3 is 1. The molecule has 0 aliphatic rings. The maximum atomic E-state index is 13.9. The third-order valence-electron chi connectivity index (χ3n) is 6.23. The van der Waals surface area contributed by atoms with Crippen molar-refractivity contribution >= 4 is 17.7 Å². The topological polar surface area (TPSA) is 105 Å². The van der Waals surface area contributed by atoms with Crippen LogP contribution in [0.3, 0.4) is 0 Å². The summed E-state index contributed by atoms with van der Waals surface area (Å²) in [4.78, 5) is 42.6. The fourth-order valence-corrected chi connectivity index (χ4v) is 3.91. The van der Waals surface area contributed by atoms with Crippen LogP contribution in [0.5, 0.6) is 5.75 Å². The van der Waals surface area contributed by atoms with Gasteiger partial charge in [0.15, 0.2) is 0 Å². The minimum atomic E-state index is -0.807. The molecule has 0 bridgehead atoms. The summed E-state index contributed by atoms with van der Waals surface area (Å²) in [6.07, 6.45) is 4.32. The van der Waals surface area contributed by atoms with E-state index in [1.165, 1.54) is 15.9 Å². The molecule has 0 aliphatic carbocycles. The van der Waals surface area contributed by atoms with Gasteiger partial charge in [-0.15, -0.1) is 0 Å². The Morgan fingerprint density at radius 2 is 1.51 bits per heavy atom. The predicted molar refractivity (Wildman–Crippen MR) is 146 cm³/mol. The Balaban J connectivity index is 2.33. The molecule has 0 aliphatic heterocycles. The Bertz CT molecular complexity index is 1060. The van der Waals surface area contributed by atoms with Crippen LogP contribution in [0.15, 0.2) is 66.7 Å². The molecule has 2 aromatic carbocycles. The van der Waals surface area contributed by atoms with Crippen LogP contribution < -0.4 is 15.8 Å². The highest BCUT2D eigenvalue weighted by Crippen LogP contribution is 2.18. The first-order chi connectivity index (χ1) is 17.5. The number of nitrogens with one attached hydrogen (secondary N) is 1. The lowest BCUT2D eigenvalue weighted by Crippen LogP contribution is -2.55. The Morgan fingerprint density at radius 3 is 2.05 bits per heavy atom. The number of carbonyl (C=O) groups is 3. The Morgan fingerprint density at radius 1 is 0.946 bits per heavy atom. The van der Waals surface area contributed by atoms with E-state index >= 15 is 0 Å². The first kappa shape index (κ1) is 29.6. The number of likely N-dealkylation sites (N-methyl/N-ethyl adjacent to an activating group) is 3. The molecule has 3 amide bonds. The highest BCUT2D eigenvalue weighted by atomic mass is 16.5. The zero-order valence-corrected chi connectivity index (χ0v) is 22.7. The Labute approximate surface area is 220 Å². The van der Waals surface area contributed by atoms with Gasteiger partial charge in [0, 0.05) is 39.5 Å². The van der Waals surface area contributed by atoms with Crippen molar-refractivity contribution in [3.05, 3.63) is 77.9 Å². The van der Waals surface area contributed by atoms with E-state index < -0.39 is 17.6 Å². The number of benzene rings is 2. The second-order valence-electron chi connectivity index (χ2n) is 9.88. The van der Waals surface area contributed by atoms with Gasteiger partial charge < -0.3 is 25.6 Å². The van der Waals surface area contributed by atoms with Crippen molar-refractivity contribution in [2.45, 2.75) is 50.7 Å². The second-order valence-corrected chi connectivity index (χ2v) is 9.88. The van der Waals surface area contributed by atoms with E-state index in [2.05, 4.69) is 5.32 Å². The standard InChI is InChI=1S/C29H40N4O4/c1-29(2,30)18-10-13-26(34)32(4)25(20-21-11-8-7-9-12-21)28(36)33(5)24(27(35)31-3)19-22-14-16-23(37-6)17-15-22/h7-17,24-25H,18-20,30H2,1-6H3,(H,31,35)/b13-10+/t24-,25-/m1/s1. The van der Waals surface area contributed by atoms with Gasteiger partial charge in [0.1, 0.15) is 17.8 Å². The summed E-state index contributed by atoms with van der Waals surface area (Å²) in [6.45, 7) is 3.76. The Kier molecular flexibility index (Phi) is 10.9. The van der Waals surface area contributed by atoms with Crippen molar-refractivity contribution in [3.8, 4) is 5.75 Å². The highest BCUT2D eigenvalue weighted by Gasteiger charge is 2.34. The molecule has 0 aromatic heterocycles. The van der Waals surface area contributed by atoms with Gasteiger partial charge in [-0.25, -0.2) is 0 Å². The summed E-state index contributed by atoms with van der Waals surface area (Å²) in [5.41, 5.74) is 7.36. The number of hydrogen-bond acceptors (Lipinski definition) is 5. The van der Waals surface area contributed by atoms with Crippen LogP contribution in [0.1, 0.15) is 31.4 Å². The van der Waals surface area contributed by atoms with Gasteiger partial charge in [-0.2, -0.15) is 0 Å². The van der Waals surface area contributed by atoms with E-state index in [-0.39, 0.29) is 17.7 Å². The van der Waals surface area contributed by atoms with Crippen LogP contribution in [0.2, 0.25) is 0 Å². The molecular weight excluding hydrogens is 468 g/mol. The van der Waals surface area contributed by atoms with Crippen LogP contribution in [-0.2, 0) is 27.2 Å². The fourth-order valence-electron chi connectivity index (χ4n) is 3.91. The average molecular weight is 509 g/mol. The van der Waals surface area contributed by atoms with Gasteiger partial charge in [0.25, 0.3) is 0 Å².